The van der Waals surface area contributed by atoms with Crippen molar-refractivity contribution in [2.45, 2.75) is 77.8 Å². The predicted molar refractivity (Wildman–Crippen MR) is 126 cm³/mol. The number of amides is 1. The van der Waals surface area contributed by atoms with Gasteiger partial charge in [0.1, 0.15) is 10.6 Å². The predicted octanol–water partition coefficient (Wildman–Crippen LogP) is 5.21. The van der Waals surface area contributed by atoms with Gasteiger partial charge in [-0.25, -0.2) is 17.2 Å². The average Bonchev–Trinajstić information content (AvgIpc) is 3.26. The fraction of sp³-hybridized carbons (Fsp3) is 0.500. The van der Waals surface area contributed by atoms with Crippen LogP contribution in [0.2, 0.25) is 0 Å². The van der Waals surface area contributed by atoms with Gasteiger partial charge < -0.3 is 10.6 Å². The van der Waals surface area contributed by atoms with Gasteiger partial charge in [0.25, 0.3) is 0 Å². The number of sulfone groups is 1. The van der Waals surface area contributed by atoms with Gasteiger partial charge in [-0.3, -0.25) is 4.79 Å². The van der Waals surface area contributed by atoms with Gasteiger partial charge in [-0.1, -0.05) is 18.2 Å². The van der Waals surface area contributed by atoms with Gasteiger partial charge in [-0.2, -0.15) is 26.3 Å². The second-order valence-corrected chi connectivity index (χ2v) is 12.9. The van der Waals surface area contributed by atoms with E-state index in [0.717, 1.165) is 30.3 Å². The second kappa shape index (κ2) is 8.88. The molecule has 14 heteroatoms. The Kier molecular flexibility index (Phi) is 6.39. The van der Waals surface area contributed by atoms with E-state index in [9.17, 15) is 48.3 Å². The topological polar surface area (TPSA) is 80.5 Å². The van der Waals surface area contributed by atoms with E-state index in [2.05, 4.69) is 0 Å². The van der Waals surface area contributed by atoms with Crippen molar-refractivity contribution in [3.63, 3.8) is 0 Å². The molecule has 0 unspecified atom stereocenters. The smallest absolute Gasteiger partial charge is 0.336 e. The van der Waals surface area contributed by atoms with E-state index in [1.807, 2.05) is 0 Å². The fourth-order valence-electron chi connectivity index (χ4n) is 6.35. The Bertz CT molecular complexity index is 1440. The maximum atomic E-state index is 14.9. The number of carbonyl (C=O) groups is 1. The van der Waals surface area contributed by atoms with Crippen LogP contribution < -0.4 is 5.73 Å². The third-order valence-corrected chi connectivity index (χ3v) is 11.1. The average molecular weight is 597 g/mol. The lowest BCUT2D eigenvalue weighted by Gasteiger charge is -2.46. The summed E-state index contributed by atoms with van der Waals surface area (Å²) >= 11 is 0. The Morgan fingerprint density at radius 3 is 2.05 bits per heavy atom. The molecule has 2 fully saturated rings. The van der Waals surface area contributed by atoms with Crippen molar-refractivity contribution in [3.8, 4) is 0 Å². The molecule has 0 spiro atoms. The quantitative estimate of drug-likeness (QED) is 0.388. The number of halogens is 8. The van der Waals surface area contributed by atoms with Crippen molar-refractivity contribution in [1.29, 1.82) is 0 Å². The number of nitrogens with zero attached hydrogens (tertiary/aromatic N) is 1. The molecule has 218 valence electrons. The summed E-state index contributed by atoms with van der Waals surface area (Å²) in [7, 11) is -4.54. The molecular weight excluding hydrogens is 572 g/mol. The number of nitrogens with two attached hydrogens (primary N) is 1. The maximum absolute atomic E-state index is 14.9. The van der Waals surface area contributed by atoms with Crippen LogP contribution in [0.25, 0.3) is 0 Å². The number of aryl methyl sites for hydroxylation is 1. The van der Waals surface area contributed by atoms with Gasteiger partial charge in [0.05, 0.1) is 16.5 Å². The zero-order chi connectivity index (χ0) is 29.5. The Hall–Kier alpha value is -2.74. The van der Waals surface area contributed by atoms with Crippen LogP contribution in [0.5, 0.6) is 0 Å². The molecule has 2 aliphatic carbocycles. The molecule has 5 nitrogen and oxygen atoms in total. The highest BCUT2D eigenvalue weighted by molar-refractivity contribution is 7.92. The molecule has 3 aliphatic rings. The first-order chi connectivity index (χ1) is 18.4. The third kappa shape index (κ3) is 3.81. The molecule has 2 aromatic rings. The van der Waals surface area contributed by atoms with Crippen LogP contribution in [0.4, 0.5) is 35.1 Å². The van der Waals surface area contributed by atoms with Crippen molar-refractivity contribution >= 4 is 15.7 Å². The first-order valence-electron chi connectivity index (χ1n) is 12.5. The van der Waals surface area contributed by atoms with Gasteiger partial charge in [-0.05, 0) is 73.9 Å². The molecule has 1 amide bonds. The SMILES string of the molecule is NC1(C(=O)N2CC[C@@]3(S(=O)(=O)c4ccc(F)cc4)c4ccc(C(F)(C(F)(F)F)C(F)(F)F)cc4CC[C@@H]23)CCC1. The minimum Gasteiger partial charge on any atom is -0.336 e. The maximum Gasteiger partial charge on any atom is 0.435 e. The summed E-state index contributed by atoms with van der Waals surface area (Å²) in [5, 5.41) is 0. The van der Waals surface area contributed by atoms with Crippen LogP contribution in [0, 0.1) is 5.82 Å². The number of likely N-dealkylation sites (tertiary alicyclic amines) is 1. The van der Waals surface area contributed by atoms with E-state index in [4.69, 9.17) is 5.73 Å². The normalized spacial score (nSPS) is 24.7. The summed E-state index contributed by atoms with van der Waals surface area (Å²) in [5.41, 5.74) is -2.72. The zero-order valence-corrected chi connectivity index (χ0v) is 21.6. The largest absolute Gasteiger partial charge is 0.435 e. The fourth-order valence-corrected chi connectivity index (χ4v) is 8.72. The number of fused-ring (bicyclic) bond motifs is 3. The van der Waals surface area contributed by atoms with Gasteiger partial charge in [0, 0.05) is 12.1 Å². The first-order valence-corrected chi connectivity index (χ1v) is 13.9. The van der Waals surface area contributed by atoms with Crippen molar-refractivity contribution in [3.05, 3.63) is 65.0 Å². The Labute approximate surface area is 224 Å². The zero-order valence-electron chi connectivity index (χ0n) is 20.7. The minimum absolute atomic E-state index is 0.0950. The lowest BCUT2D eigenvalue weighted by molar-refractivity contribution is -0.348. The standard InChI is InChI=1S/C26H24F8N2O3S/c27-17-4-6-18(7-5-17)40(38,39)23-12-13-36(21(37)22(35)10-1-11-22)20(23)9-2-15-14-16(3-8-19(15)23)24(28,25(29,30)31)26(32,33)34/h3-8,14,20H,1-2,9-13,35H2/t20-,23-/m1/s1. The lowest BCUT2D eigenvalue weighted by atomic mass is 9.74. The molecule has 2 aromatic carbocycles. The highest BCUT2D eigenvalue weighted by Gasteiger charge is 2.74. The van der Waals surface area contributed by atoms with Gasteiger partial charge >= 0.3 is 18.0 Å². The number of rotatable bonds is 4. The molecule has 0 radical (unpaired) electrons. The Morgan fingerprint density at radius 1 is 0.925 bits per heavy atom. The lowest BCUT2D eigenvalue weighted by Crippen LogP contribution is -2.62. The van der Waals surface area contributed by atoms with Crippen LogP contribution in [-0.4, -0.2) is 49.7 Å². The second-order valence-electron chi connectivity index (χ2n) is 10.7. The molecular formula is C26H24F8N2O3S. The molecule has 40 heavy (non-hydrogen) atoms. The van der Waals surface area contributed by atoms with E-state index < -0.39 is 61.5 Å². The van der Waals surface area contributed by atoms with Crippen LogP contribution in [0.3, 0.4) is 0 Å². The Balaban J connectivity index is 1.70. The first kappa shape index (κ1) is 28.8. The van der Waals surface area contributed by atoms with Crippen LogP contribution in [0.15, 0.2) is 47.4 Å². The number of benzene rings is 2. The summed E-state index contributed by atoms with van der Waals surface area (Å²) < 4.78 is 136. The van der Waals surface area contributed by atoms with E-state index in [1.54, 1.807) is 0 Å². The van der Waals surface area contributed by atoms with Crippen molar-refractivity contribution in [2.24, 2.45) is 5.73 Å². The minimum atomic E-state index is -6.34. The van der Waals surface area contributed by atoms with Crippen LogP contribution >= 0.6 is 0 Å². The molecule has 5 rings (SSSR count). The van der Waals surface area contributed by atoms with Crippen molar-refractivity contribution in [1.82, 2.24) is 4.90 Å². The summed E-state index contributed by atoms with van der Waals surface area (Å²) in [6.07, 6.45) is -11.9. The molecule has 1 aliphatic heterocycles. The summed E-state index contributed by atoms with van der Waals surface area (Å²) in [6.45, 7) is -0.0950. The molecule has 1 saturated carbocycles. The summed E-state index contributed by atoms with van der Waals surface area (Å²) in [6, 6.07) is 4.22. The summed E-state index contributed by atoms with van der Waals surface area (Å²) in [5.74, 6) is -1.23. The van der Waals surface area contributed by atoms with E-state index in [1.165, 1.54) is 4.90 Å². The highest BCUT2D eigenvalue weighted by atomic mass is 32.2. The molecule has 2 N–H and O–H groups in total. The van der Waals surface area contributed by atoms with Gasteiger partial charge in [0.15, 0.2) is 9.84 Å². The molecule has 1 saturated heterocycles. The van der Waals surface area contributed by atoms with Crippen LogP contribution in [-0.2, 0) is 31.5 Å². The van der Waals surface area contributed by atoms with E-state index >= 15 is 0 Å². The van der Waals surface area contributed by atoms with Crippen molar-refractivity contribution in [2.75, 3.05) is 6.54 Å². The van der Waals surface area contributed by atoms with Crippen LogP contribution in [0.1, 0.15) is 48.8 Å². The molecule has 0 aromatic heterocycles. The highest BCUT2D eigenvalue weighted by Crippen LogP contribution is 2.57. The number of hydrogen-bond donors (Lipinski definition) is 1. The van der Waals surface area contributed by atoms with E-state index in [0.29, 0.717) is 31.4 Å². The number of hydrogen-bond acceptors (Lipinski definition) is 4. The molecule has 0 bridgehead atoms. The van der Waals surface area contributed by atoms with Crippen molar-refractivity contribution < 1.29 is 48.3 Å². The monoisotopic (exact) mass is 596 g/mol. The molecule has 1 heterocycles. The Morgan fingerprint density at radius 2 is 1.52 bits per heavy atom. The van der Waals surface area contributed by atoms with E-state index in [-0.39, 0.29) is 41.8 Å². The van der Waals surface area contributed by atoms with Gasteiger partial charge in [0.2, 0.25) is 5.91 Å². The number of carbonyl (C=O) groups excluding carboxylic acids is 1. The molecule has 2 atom stereocenters. The van der Waals surface area contributed by atoms with Gasteiger partial charge in [-0.15, -0.1) is 0 Å². The summed E-state index contributed by atoms with van der Waals surface area (Å²) in [4.78, 5) is 14.4. The third-order valence-electron chi connectivity index (χ3n) is 8.60. The number of alkyl halides is 7.